The van der Waals surface area contributed by atoms with Crippen LogP contribution in [0.25, 0.3) is 0 Å². The molecule has 0 aromatic carbocycles. The van der Waals surface area contributed by atoms with Crippen LogP contribution in [-0.2, 0) is 0 Å². The molecule has 0 saturated carbocycles. The lowest BCUT2D eigenvalue weighted by Gasteiger charge is -2.10. The van der Waals surface area contributed by atoms with Crippen LogP contribution < -0.4 is 0 Å². The zero-order valence-electron chi connectivity index (χ0n) is 8.55. The molecule has 1 rings (SSSR count). The number of aryl methyl sites for hydroxylation is 1. The van der Waals surface area contributed by atoms with E-state index in [2.05, 4.69) is 24.9 Å². The second-order valence-corrected chi connectivity index (χ2v) is 3.59. The average molecular weight is 174 g/mol. The van der Waals surface area contributed by atoms with Crippen LogP contribution in [0.15, 0.2) is 6.07 Å². The zero-order chi connectivity index (χ0) is 10.0. The van der Waals surface area contributed by atoms with E-state index in [1.54, 1.807) is 0 Å². The molecule has 0 bridgehead atoms. The quantitative estimate of drug-likeness (QED) is 0.656. The van der Waals surface area contributed by atoms with Gasteiger partial charge in [0, 0.05) is 11.4 Å². The maximum atomic E-state index is 8.87. The Kier molecular flexibility index (Phi) is 2.67. The molecule has 0 saturated heterocycles. The normalized spacial score (nSPS) is 10.2. The molecule has 0 aliphatic rings. The second kappa shape index (κ2) is 3.57. The van der Waals surface area contributed by atoms with Gasteiger partial charge in [0.2, 0.25) is 0 Å². The molecule has 0 unspecified atom stereocenters. The van der Waals surface area contributed by atoms with Crippen molar-refractivity contribution in [3.63, 3.8) is 0 Å². The predicted molar refractivity (Wildman–Crippen MR) is 52.5 cm³/mol. The van der Waals surface area contributed by atoms with Gasteiger partial charge in [0.05, 0.1) is 11.6 Å². The van der Waals surface area contributed by atoms with E-state index in [0.29, 0.717) is 5.92 Å². The lowest BCUT2D eigenvalue weighted by molar-refractivity contribution is 0.802. The van der Waals surface area contributed by atoms with Gasteiger partial charge in [-0.2, -0.15) is 5.26 Å². The van der Waals surface area contributed by atoms with E-state index in [0.717, 1.165) is 22.5 Å². The first-order valence-corrected chi connectivity index (χ1v) is 4.44. The van der Waals surface area contributed by atoms with Crippen molar-refractivity contribution < 1.29 is 0 Å². The van der Waals surface area contributed by atoms with Crippen molar-refractivity contribution in [1.82, 2.24) is 4.98 Å². The van der Waals surface area contributed by atoms with E-state index < -0.39 is 0 Å². The van der Waals surface area contributed by atoms with Gasteiger partial charge in [-0.25, -0.2) is 0 Å². The Hall–Kier alpha value is -1.36. The minimum Gasteiger partial charge on any atom is -0.258 e. The third-order valence-electron chi connectivity index (χ3n) is 2.11. The van der Waals surface area contributed by atoms with Crippen LogP contribution >= 0.6 is 0 Å². The number of hydrogen-bond acceptors (Lipinski definition) is 2. The van der Waals surface area contributed by atoms with Gasteiger partial charge >= 0.3 is 0 Å². The van der Waals surface area contributed by atoms with Crippen LogP contribution in [0.4, 0.5) is 0 Å². The third-order valence-corrected chi connectivity index (χ3v) is 2.11. The summed E-state index contributed by atoms with van der Waals surface area (Å²) in [5.74, 6) is 0.381. The summed E-state index contributed by atoms with van der Waals surface area (Å²) in [4.78, 5) is 4.43. The highest BCUT2D eigenvalue weighted by atomic mass is 14.7. The Morgan fingerprint density at radius 1 is 1.38 bits per heavy atom. The van der Waals surface area contributed by atoms with Crippen LogP contribution in [0.1, 0.15) is 42.3 Å². The van der Waals surface area contributed by atoms with Gasteiger partial charge in [-0.15, -0.1) is 0 Å². The molecule has 0 fully saturated rings. The van der Waals surface area contributed by atoms with Gasteiger partial charge in [0.15, 0.2) is 0 Å². The Balaban J connectivity index is 3.38. The first-order chi connectivity index (χ1) is 6.06. The van der Waals surface area contributed by atoms with E-state index in [1.807, 2.05) is 19.9 Å². The molecule has 0 spiro atoms. The summed E-state index contributed by atoms with van der Waals surface area (Å²) < 4.78 is 0. The number of nitrogens with zero attached hydrogens (tertiary/aromatic N) is 2. The van der Waals surface area contributed by atoms with Crippen molar-refractivity contribution in [3.8, 4) is 6.07 Å². The summed E-state index contributed by atoms with van der Waals surface area (Å²) >= 11 is 0. The lowest BCUT2D eigenvalue weighted by Crippen LogP contribution is -2.01. The van der Waals surface area contributed by atoms with E-state index in [4.69, 9.17) is 5.26 Å². The van der Waals surface area contributed by atoms with Crippen molar-refractivity contribution in [3.05, 3.63) is 28.6 Å². The number of rotatable bonds is 1. The van der Waals surface area contributed by atoms with Crippen molar-refractivity contribution in [2.24, 2.45) is 0 Å². The minimum atomic E-state index is 0.381. The van der Waals surface area contributed by atoms with Crippen LogP contribution in [0.3, 0.4) is 0 Å². The summed E-state index contributed by atoms with van der Waals surface area (Å²) in [5, 5.41) is 8.87. The van der Waals surface area contributed by atoms with Crippen molar-refractivity contribution in [2.45, 2.75) is 33.6 Å². The highest BCUT2D eigenvalue weighted by molar-refractivity contribution is 5.41. The standard InChI is InChI=1S/C11H14N2/c1-7(2)11-9(4)10(6-12)5-8(3)13-11/h5,7H,1-4H3. The summed E-state index contributed by atoms with van der Waals surface area (Å²) in [7, 11) is 0. The van der Waals surface area contributed by atoms with Gasteiger partial charge in [0.1, 0.15) is 0 Å². The van der Waals surface area contributed by atoms with E-state index in [-0.39, 0.29) is 0 Å². The smallest absolute Gasteiger partial charge is 0.0995 e. The fourth-order valence-corrected chi connectivity index (χ4v) is 1.44. The van der Waals surface area contributed by atoms with Crippen LogP contribution in [0, 0.1) is 25.2 Å². The van der Waals surface area contributed by atoms with E-state index in [9.17, 15) is 0 Å². The number of pyridine rings is 1. The molecule has 1 aromatic heterocycles. The average Bonchev–Trinajstić information content (AvgIpc) is 2.08. The van der Waals surface area contributed by atoms with Gasteiger partial charge < -0.3 is 0 Å². The highest BCUT2D eigenvalue weighted by Gasteiger charge is 2.09. The largest absolute Gasteiger partial charge is 0.258 e. The van der Waals surface area contributed by atoms with Crippen LogP contribution in [0.5, 0.6) is 0 Å². The molecule has 0 amide bonds. The number of aromatic nitrogens is 1. The minimum absolute atomic E-state index is 0.381. The SMILES string of the molecule is Cc1cc(C#N)c(C)c(C(C)C)n1. The topological polar surface area (TPSA) is 36.7 Å². The first kappa shape index (κ1) is 9.73. The molecule has 0 aliphatic heterocycles. The van der Waals surface area contributed by atoms with Gasteiger partial charge in [-0.3, -0.25) is 4.98 Å². The molecule has 2 nitrogen and oxygen atoms in total. The maximum Gasteiger partial charge on any atom is 0.0995 e. The molecule has 0 N–H and O–H groups in total. The van der Waals surface area contributed by atoms with Crippen molar-refractivity contribution >= 4 is 0 Å². The van der Waals surface area contributed by atoms with E-state index >= 15 is 0 Å². The Morgan fingerprint density at radius 2 is 2.00 bits per heavy atom. The fourth-order valence-electron chi connectivity index (χ4n) is 1.44. The monoisotopic (exact) mass is 174 g/mol. The summed E-state index contributed by atoms with van der Waals surface area (Å²) in [5.41, 5.74) is 3.72. The predicted octanol–water partition coefficient (Wildman–Crippen LogP) is 2.69. The Morgan fingerprint density at radius 3 is 2.46 bits per heavy atom. The highest BCUT2D eigenvalue weighted by Crippen LogP contribution is 2.20. The number of hydrogen-bond donors (Lipinski definition) is 0. The fraction of sp³-hybridized carbons (Fsp3) is 0.455. The molecular weight excluding hydrogens is 160 g/mol. The molecule has 68 valence electrons. The van der Waals surface area contributed by atoms with Crippen molar-refractivity contribution in [2.75, 3.05) is 0 Å². The molecule has 0 aliphatic carbocycles. The molecule has 0 radical (unpaired) electrons. The third kappa shape index (κ3) is 1.86. The van der Waals surface area contributed by atoms with Crippen LogP contribution in [0.2, 0.25) is 0 Å². The first-order valence-electron chi connectivity index (χ1n) is 4.44. The van der Waals surface area contributed by atoms with E-state index in [1.165, 1.54) is 0 Å². The van der Waals surface area contributed by atoms with Gasteiger partial charge in [-0.05, 0) is 31.4 Å². The van der Waals surface area contributed by atoms with Gasteiger partial charge in [0.25, 0.3) is 0 Å². The second-order valence-electron chi connectivity index (χ2n) is 3.59. The summed E-state index contributed by atoms with van der Waals surface area (Å²) in [6.07, 6.45) is 0. The van der Waals surface area contributed by atoms with Crippen LogP contribution in [-0.4, -0.2) is 4.98 Å². The summed E-state index contributed by atoms with van der Waals surface area (Å²) in [6.45, 7) is 8.07. The lowest BCUT2D eigenvalue weighted by atomic mass is 10.00. The number of nitriles is 1. The van der Waals surface area contributed by atoms with Crippen molar-refractivity contribution in [1.29, 1.82) is 5.26 Å². The van der Waals surface area contributed by atoms with Gasteiger partial charge in [-0.1, -0.05) is 13.8 Å². The Bertz CT molecular complexity index is 359. The molecule has 2 heteroatoms. The zero-order valence-corrected chi connectivity index (χ0v) is 8.55. The molecule has 0 atom stereocenters. The maximum absolute atomic E-state index is 8.87. The molecular formula is C11H14N2. The molecule has 13 heavy (non-hydrogen) atoms. The molecule has 1 heterocycles. The summed E-state index contributed by atoms with van der Waals surface area (Å²) in [6, 6.07) is 4.03. The molecule has 1 aromatic rings. The Labute approximate surface area is 79.2 Å².